The van der Waals surface area contributed by atoms with E-state index in [1.165, 1.54) is 39.2 Å². The lowest BCUT2D eigenvalue weighted by Gasteiger charge is -2.28. The monoisotopic (exact) mass is 409 g/mol. The minimum Gasteiger partial charge on any atom is -0.449 e. The van der Waals surface area contributed by atoms with Crippen molar-refractivity contribution in [1.82, 2.24) is 0 Å². The smallest absolute Gasteiger partial charge is 0.338 e. The molecule has 7 heteroatoms. The summed E-state index contributed by atoms with van der Waals surface area (Å²) in [5, 5.41) is 5.38. The van der Waals surface area contributed by atoms with Crippen LogP contribution in [0.5, 0.6) is 0 Å². The summed E-state index contributed by atoms with van der Waals surface area (Å²) in [4.78, 5) is 38.3. The molecule has 0 saturated carbocycles. The molecule has 3 rings (SSSR count). The molecule has 0 spiro atoms. The van der Waals surface area contributed by atoms with Crippen molar-refractivity contribution in [3.8, 4) is 0 Å². The van der Waals surface area contributed by atoms with Crippen LogP contribution in [0.15, 0.2) is 48.5 Å². The lowest BCUT2D eigenvalue weighted by atomic mass is 10.1. The van der Waals surface area contributed by atoms with Crippen LogP contribution in [0.25, 0.3) is 0 Å². The van der Waals surface area contributed by atoms with Gasteiger partial charge in [-0.15, -0.1) is 0 Å². The van der Waals surface area contributed by atoms with Crippen LogP contribution in [0.3, 0.4) is 0 Å². The zero-order chi connectivity index (χ0) is 21.5. The molecule has 1 atom stereocenters. The predicted molar refractivity (Wildman–Crippen MR) is 117 cm³/mol. The Balaban J connectivity index is 1.55. The predicted octanol–water partition coefficient (Wildman–Crippen LogP) is 3.82. The first-order chi connectivity index (χ1) is 14.4. The number of hydrogen-bond acceptors (Lipinski definition) is 5. The van der Waals surface area contributed by atoms with Crippen molar-refractivity contribution < 1.29 is 19.1 Å². The molecule has 0 bridgehead atoms. The van der Waals surface area contributed by atoms with E-state index in [9.17, 15) is 14.4 Å². The van der Waals surface area contributed by atoms with E-state index in [-0.39, 0.29) is 11.5 Å². The molecule has 0 aromatic heterocycles. The largest absolute Gasteiger partial charge is 0.449 e. The summed E-state index contributed by atoms with van der Waals surface area (Å²) in [6.45, 7) is 5.02. The molecule has 1 saturated heterocycles. The van der Waals surface area contributed by atoms with Crippen LogP contribution in [-0.4, -0.2) is 37.0 Å². The normalized spacial score (nSPS) is 14.5. The van der Waals surface area contributed by atoms with Crippen molar-refractivity contribution in [3.63, 3.8) is 0 Å². The number of amides is 2. The van der Waals surface area contributed by atoms with Gasteiger partial charge in [0.15, 0.2) is 6.10 Å². The minimum absolute atomic E-state index is 0.237. The zero-order valence-electron chi connectivity index (χ0n) is 17.3. The minimum atomic E-state index is -0.969. The first kappa shape index (κ1) is 21.4. The van der Waals surface area contributed by atoms with Crippen LogP contribution in [0.1, 0.15) is 43.5 Å². The van der Waals surface area contributed by atoms with E-state index in [2.05, 4.69) is 15.5 Å². The third kappa shape index (κ3) is 5.83. The summed E-state index contributed by atoms with van der Waals surface area (Å²) >= 11 is 0. The summed E-state index contributed by atoms with van der Waals surface area (Å²) in [6, 6.07) is 14.1. The Morgan fingerprint density at radius 2 is 1.63 bits per heavy atom. The first-order valence-electron chi connectivity index (χ1n) is 10.2. The third-order valence-electron chi connectivity index (χ3n) is 4.93. The van der Waals surface area contributed by atoms with Gasteiger partial charge >= 0.3 is 5.97 Å². The second-order valence-corrected chi connectivity index (χ2v) is 7.39. The molecule has 1 fully saturated rings. The zero-order valence-corrected chi connectivity index (χ0v) is 17.3. The number of piperidine rings is 1. The number of esters is 1. The third-order valence-corrected chi connectivity index (χ3v) is 4.93. The summed E-state index contributed by atoms with van der Waals surface area (Å²) < 4.78 is 5.28. The molecule has 2 amide bonds. The van der Waals surface area contributed by atoms with Gasteiger partial charge in [0.25, 0.3) is 5.91 Å². The van der Waals surface area contributed by atoms with Crippen molar-refractivity contribution in [3.05, 3.63) is 54.1 Å². The molecule has 1 aliphatic heterocycles. The Hall–Kier alpha value is -3.35. The molecule has 0 aliphatic carbocycles. The van der Waals surface area contributed by atoms with Crippen molar-refractivity contribution in [2.45, 2.75) is 39.2 Å². The number of rotatable bonds is 6. The highest BCUT2D eigenvalue weighted by atomic mass is 16.5. The average Bonchev–Trinajstić information content (AvgIpc) is 2.74. The van der Waals surface area contributed by atoms with E-state index >= 15 is 0 Å². The Bertz CT molecular complexity index is 905. The average molecular weight is 409 g/mol. The highest BCUT2D eigenvalue weighted by Gasteiger charge is 2.19. The summed E-state index contributed by atoms with van der Waals surface area (Å²) in [6.07, 6.45) is 2.71. The van der Waals surface area contributed by atoms with Gasteiger partial charge in [0, 0.05) is 37.1 Å². The van der Waals surface area contributed by atoms with E-state index in [4.69, 9.17) is 4.74 Å². The Morgan fingerprint density at radius 1 is 0.933 bits per heavy atom. The maximum atomic E-state index is 12.4. The summed E-state index contributed by atoms with van der Waals surface area (Å²) in [5.74, 6) is -1.28. The molecule has 2 N–H and O–H groups in total. The second kappa shape index (κ2) is 9.91. The summed E-state index contributed by atoms with van der Waals surface area (Å²) in [5.41, 5.74) is 2.54. The number of carbonyl (C=O) groups is 3. The second-order valence-electron chi connectivity index (χ2n) is 7.39. The summed E-state index contributed by atoms with van der Waals surface area (Å²) in [7, 11) is 0. The molecular formula is C23H27N3O4. The van der Waals surface area contributed by atoms with E-state index in [0.717, 1.165) is 18.8 Å². The van der Waals surface area contributed by atoms with Gasteiger partial charge in [-0.3, -0.25) is 9.59 Å². The molecule has 0 unspecified atom stereocenters. The van der Waals surface area contributed by atoms with Crippen LogP contribution in [-0.2, 0) is 14.3 Å². The topological polar surface area (TPSA) is 87.7 Å². The Kier molecular flexibility index (Phi) is 7.06. The van der Waals surface area contributed by atoms with Crippen molar-refractivity contribution in [2.75, 3.05) is 28.6 Å². The molecule has 158 valence electrons. The number of ether oxygens (including phenoxy) is 1. The molecule has 1 aliphatic rings. The van der Waals surface area contributed by atoms with E-state index < -0.39 is 18.0 Å². The van der Waals surface area contributed by atoms with Gasteiger partial charge < -0.3 is 20.3 Å². The molecule has 2 aromatic rings. The fourth-order valence-corrected chi connectivity index (χ4v) is 3.36. The van der Waals surface area contributed by atoms with E-state index in [1.54, 1.807) is 18.2 Å². The van der Waals surface area contributed by atoms with Crippen molar-refractivity contribution in [2.24, 2.45) is 0 Å². The van der Waals surface area contributed by atoms with Crippen molar-refractivity contribution >= 4 is 34.8 Å². The number of anilines is 3. The number of hydrogen-bond donors (Lipinski definition) is 2. The SMILES string of the molecule is CC(=O)Nc1cccc(C(=O)O[C@@H](C)C(=O)Nc2ccc(N3CCCCC3)cc2)c1. The molecule has 30 heavy (non-hydrogen) atoms. The van der Waals surface area contributed by atoms with Crippen LogP contribution < -0.4 is 15.5 Å². The number of carbonyl (C=O) groups excluding carboxylic acids is 3. The van der Waals surface area contributed by atoms with Gasteiger partial charge in [0.2, 0.25) is 5.91 Å². The highest BCUT2D eigenvalue weighted by Crippen LogP contribution is 2.22. The van der Waals surface area contributed by atoms with Crippen LogP contribution >= 0.6 is 0 Å². The van der Waals surface area contributed by atoms with Gasteiger partial charge in [0.05, 0.1) is 5.56 Å². The first-order valence-corrected chi connectivity index (χ1v) is 10.2. The number of benzene rings is 2. The lowest BCUT2D eigenvalue weighted by molar-refractivity contribution is -0.123. The Morgan fingerprint density at radius 3 is 2.30 bits per heavy atom. The number of nitrogens with zero attached hydrogens (tertiary/aromatic N) is 1. The van der Waals surface area contributed by atoms with Crippen LogP contribution in [0.2, 0.25) is 0 Å². The van der Waals surface area contributed by atoms with Gasteiger partial charge in [-0.2, -0.15) is 0 Å². The molecular weight excluding hydrogens is 382 g/mol. The Labute approximate surface area is 176 Å². The molecule has 0 radical (unpaired) electrons. The highest BCUT2D eigenvalue weighted by molar-refractivity contribution is 5.98. The van der Waals surface area contributed by atoms with Crippen LogP contribution in [0.4, 0.5) is 17.1 Å². The lowest BCUT2D eigenvalue weighted by Crippen LogP contribution is -2.30. The van der Waals surface area contributed by atoms with Gasteiger partial charge in [-0.25, -0.2) is 4.79 Å². The fourth-order valence-electron chi connectivity index (χ4n) is 3.36. The fraction of sp³-hybridized carbons (Fsp3) is 0.348. The molecule has 1 heterocycles. The van der Waals surface area contributed by atoms with E-state index in [1.807, 2.05) is 24.3 Å². The molecule has 7 nitrogen and oxygen atoms in total. The van der Waals surface area contributed by atoms with Gasteiger partial charge in [0.1, 0.15) is 0 Å². The maximum absolute atomic E-state index is 12.4. The number of nitrogens with one attached hydrogen (secondary N) is 2. The van der Waals surface area contributed by atoms with Crippen molar-refractivity contribution in [1.29, 1.82) is 0 Å². The van der Waals surface area contributed by atoms with E-state index in [0.29, 0.717) is 11.4 Å². The van der Waals surface area contributed by atoms with Crippen LogP contribution in [0, 0.1) is 0 Å². The van der Waals surface area contributed by atoms with Gasteiger partial charge in [-0.05, 0) is 68.7 Å². The standard InChI is InChI=1S/C23H27N3O4/c1-16(30-23(29)18-7-6-8-20(15-18)24-17(2)27)22(28)25-19-9-11-21(12-10-19)26-13-4-3-5-14-26/h6-12,15-16H,3-5,13-14H2,1-2H3,(H,24,27)(H,25,28)/t16-/m0/s1. The maximum Gasteiger partial charge on any atom is 0.338 e. The quantitative estimate of drug-likeness (QED) is 0.708. The van der Waals surface area contributed by atoms with Gasteiger partial charge in [-0.1, -0.05) is 6.07 Å². The molecule has 2 aromatic carbocycles.